The molecule has 2 rings (SSSR count). The average molecular weight is 283 g/mol. The van der Waals surface area contributed by atoms with E-state index < -0.39 is 0 Å². The highest BCUT2D eigenvalue weighted by Gasteiger charge is 2.14. The molecule has 1 atom stereocenters. The van der Waals surface area contributed by atoms with Crippen molar-refractivity contribution in [2.75, 3.05) is 11.4 Å². The molecule has 0 unspecified atom stereocenters. The van der Waals surface area contributed by atoms with Crippen molar-refractivity contribution in [1.82, 2.24) is 4.98 Å². The van der Waals surface area contributed by atoms with Crippen molar-refractivity contribution < 1.29 is 0 Å². The maximum Gasteiger partial charge on any atom is 0.0602 e. The number of para-hydroxylation sites is 1. The van der Waals surface area contributed by atoms with Gasteiger partial charge in [0.1, 0.15) is 0 Å². The first-order valence-electron chi connectivity index (χ1n) is 7.67. The number of hydrogen-bond donors (Lipinski definition) is 1. The fraction of sp³-hybridized carbons (Fsp3) is 0.389. The van der Waals surface area contributed by atoms with Crippen LogP contribution in [0.1, 0.15) is 43.3 Å². The lowest BCUT2D eigenvalue weighted by Crippen LogP contribution is -2.25. The second kappa shape index (κ2) is 7.23. The first-order chi connectivity index (χ1) is 10.2. The zero-order chi connectivity index (χ0) is 15.2. The van der Waals surface area contributed by atoms with E-state index in [0.29, 0.717) is 0 Å². The number of benzene rings is 1. The molecule has 1 aromatic heterocycles. The Labute approximate surface area is 127 Å². The number of aryl methyl sites for hydroxylation is 1. The van der Waals surface area contributed by atoms with Crippen molar-refractivity contribution in [3.05, 3.63) is 59.4 Å². The van der Waals surface area contributed by atoms with Crippen LogP contribution in [0.4, 0.5) is 5.69 Å². The number of pyridine rings is 1. The second-order valence-corrected chi connectivity index (χ2v) is 5.36. The van der Waals surface area contributed by atoms with E-state index in [4.69, 9.17) is 5.73 Å². The van der Waals surface area contributed by atoms with Crippen molar-refractivity contribution >= 4 is 5.69 Å². The topological polar surface area (TPSA) is 42.1 Å². The molecule has 0 amide bonds. The molecule has 2 aromatic rings. The number of hydrogen-bond acceptors (Lipinski definition) is 3. The van der Waals surface area contributed by atoms with Crippen molar-refractivity contribution in [2.45, 2.75) is 39.8 Å². The fourth-order valence-corrected chi connectivity index (χ4v) is 2.56. The zero-order valence-corrected chi connectivity index (χ0v) is 13.2. The van der Waals surface area contributed by atoms with E-state index in [9.17, 15) is 0 Å². The zero-order valence-electron chi connectivity index (χ0n) is 13.2. The molecule has 3 nitrogen and oxygen atoms in total. The predicted octanol–water partition coefficient (Wildman–Crippen LogP) is 3.83. The van der Waals surface area contributed by atoms with Crippen LogP contribution in [-0.4, -0.2) is 11.5 Å². The molecule has 0 saturated heterocycles. The van der Waals surface area contributed by atoms with Crippen LogP contribution in [0.25, 0.3) is 0 Å². The van der Waals surface area contributed by atoms with Gasteiger partial charge < -0.3 is 10.6 Å². The molecular formula is C18H25N3. The van der Waals surface area contributed by atoms with Gasteiger partial charge in [0.05, 0.1) is 12.2 Å². The molecule has 0 fully saturated rings. The van der Waals surface area contributed by atoms with Gasteiger partial charge in [0, 0.05) is 24.0 Å². The standard InChI is InChI=1S/C18H25N3/c1-4-17(19)16-11-6-7-12-18(16)21(5-2)13-15-10-8-9-14(3)20-15/h6-12,17H,4-5,13,19H2,1-3H3/t17-/m0/s1. The van der Waals surface area contributed by atoms with Gasteiger partial charge >= 0.3 is 0 Å². The minimum atomic E-state index is 0.0840. The van der Waals surface area contributed by atoms with Gasteiger partial charge in [-0.2, -0.15) is 0 Å². The molecular weight excluding hydrogens is 258 g/mol. The van der Waals surface area contributed by atoms with E-state index in [1.807, 2.05) is 13.0 Å². The van der Waals surface area contributed by atoms with E-state index in [1.165, 1.54) is 11.3 Å². The first kappa shape index (κ1) is 15.5. The largest absolute Gasteiger partial charge is 0.366 e. The molecule has 0 aliphatic rings. The van der Waals surface area contributed by atoms with Gasteiger partial charge in [0.25, 0.3) is 0 Å². The maximum absolute atomic E-state index is 6.26. The van der Waals surface area contributed by atoms with Crippen molar-refractivity contribution in [1.29, 1.82) is 0 Å². The van der Waals surface area contributed by atoms with Crippen LogP contribution < -0.4 is 10.6 Å². The number of anilines is 1. The number of nitrogens with zero attached hydrogens (tertiary/aromatic N) is 2. The Balaban J connectivity index is 2.29. The van der Waals surface area contributed by atoms with Gasteiger partial charge in [-0.25, -0.2) is 0 Å². The molecule has 1 aromatic carbocycles. The smallest absolute Gasteiger partial charge is 0.0602 e. The van der Waals surface area contributed by atoms with E-state index in [2.05, 4.69) is 60.1 Å². The Morgan fingerprint density at radius 3 is 2.52 bits per heavy atom. The third kappa shape index (κ3) is 3.82. The summed E-state index contributed by atoms with van der Waals surface area (Å²) in [5.74, 6) is 0. The Kier molecular flexibility index (Phi) is 5.34. The van der Waals surface area contributed by atoms with E-state index in [0.717, 1.165) is 30.9 Å². The Morgan fingerprint density at radius 1 is 1.10 bits per heavy atom. The third-order valence-corrected chi connectivity index (χ3v) is 3.80. The molecule has 1 heterocycles. The second-order valence-electron chi connectivity index (χ2n) is 5.36. The molecule has 21 heavy (non-hydrogen) atoms. The van der Waals surface area contributed by atoms with Gasteiger partial charge in [-0.05, 0) is 44.0 Å². The SMILES string of the molecule is CC[C@H](N)c1ccccc1N(CC)Cc1cccc(C)n1. The van der Waals surface area contributed by atoms with Crippen molar-refractivity contribution in [3.8, 4) is 0 Å². The van der Waals surface area contributed by atoms with Gasteiger partial charge in [0.15, 0.2) is 0 Å². The molecule has 0 saturated carbocycles. The minimum Gasteiger partial charge on any atom is -0.366 e. The molecule has 3 heteroatoms. The lowest BCUT2D eigenvalue weighted by atomic mass is 10.0. The Bertz CT molecular complexity index is 580. The predicted molar refractivity (Wildman–Crippen MR) is 89.4 cm³/mol. The van der Waals surface area contributed by atoms with Crippen LogP contribution in [0.3, 0.4) is 0 Å². The summed E-state index contributed by atoms with van der Waals surface area (Å²) in [7, 11) is 0. The quantitative estimate of drug-likeness (QED) is 0.876. The molecule has 0 spiro atoms. The monoisotopic (exact) mass is 283 g/mol. The summed E-state index contributed by atoms with van der Waals surface area (Å²) in [5, 5.41) is 0. The molecule has 0 bridgehead atoms. The van der Waals surface area contributed by atoms with Crippen molar-refractivity contribution in [3.63, 3.8) is 0 Å². The summed E-state index contributed by atoms with van der Waals surface area (Å²) in [6, 6.07) is 14.7. The van der Waals surface area contributed by atoms with E-state index in [1.54, 1.807) is 0 Å². The molecule has 0 radical (unpaired) electrons. The summed E-state index contributed by atoms with van der Waals surface area (Å²) >= 11 is 0. The fourth-order valence-electron chi connectivity index (χ4n) is 2.56. The average Bonchev–Trinajstić information content (AvgIpc) is 2.52. The van der Waals surface area contributed by atoms with Crippen LogP contribution in [0, 0.1) is 6.92 Å². The summed E-state index contributed by atoms with van der Waals surface area (Å²) in [6.07, 6.45) is 0.942. The first-order valence-corrected chi connectivity index (χ1v) is 7.67. The van der Waals surface area contributed by atoms with Gasteiger partial charge in [-0.15, -0.1) is 0 Å². The lowest BCUT2D eigenvalue weighted by molar-refractivity contribution is 0.688. The highest BCUT2D eigenvalue weighted by Crippen LogP contribution is 2.27. The molecule has 112 valence electrons. The molecule has 0 aliphatic heterocycles. The number of nitrogens with two attached hydrogens (primary N) is 1. The molecule has 0 aliphatic carbocycles. The summed E-state index contributed by atoms with van der Waals surface area (Å²) < 4.78 is 0. The van der Waals surface area contributed by atoms with Crippen LogP contribution in [0.2, 0.25) is 0 Å². The van der Waals surface area contributed by atoms with Gasteiger partial charge in [-0.3, -0.25) is 4.98 Å². The highest BCUT2D eigenvalue weighted by atomic mass is 15.1. The highest BCUT2D eigenvalue weighted by molar-refractivity contribution is 5.55. The van der Waals surface area contributed by atoms with Crippen LogP contribution >= 0.6 is 0 Å². The summed E-state index contributed by atoms with van der Waals surface area (Å²) in [6.45, 7) is 8.07. The van der Waals surface area contributed by atoms with Crippen molar-refractivity contribution in [2.24, 2.45) is 5.73 Å². The van der Waals surface area contributed by atoms with Crippen LogP contribution in [0.5, 0.6) is 0 Å². The number of rotatable bonds is 6. The van der Waals surface area contributed by atoms with Crippen LogP contribution in [-0.2, 0) is 6.54 Å². The van der Waals surface area contributed by atoms with Gasteiger partial charge in [0.2, 0.25) is 0 Å². The Morgan fingerprint density at radius 2 is 1.86 bits per heavy atom. The normalized spacial score (nSPS) is 12.2. The Hall–Kier alpha value is -1.87. The number of aromatic nitrogens is 1. The van der Waals surface area contributed by atoms with E-state index in [-0.39, 0.29) is 6.04 Å². The third-order valence-electron chi connectivity index (χ3n) is 3.80. The minimum absolute atomic E-state index is 0.0840. The lowest BCUT2D eigenvalue weighted by Gasteiger charge is -2.27. The summed E-state index contributed by atoms with van der Waals surface area (Å²) in [5.41, 5.74) is 10.9. The molecule has 2 N–H and O–H groups in total. The van der Waals surface area contributed by atoms with Crippen LogP contribution in [0.15, 0.2) is 42.5 Å². The summed E-state index contributed by atoms with van der Waals surface area (Å²) in [4.78, 5) is 6.95. The maximum atomic E-state index is 6.26. The van der Waals surface area contributed by atoms with E-state index >= 15 is 0 Å². The van der Waals surface area contributed by atoms with Gasteiger partial charge in [-0.1, -0.05) is 31.2 Å².